The van der Waals surface area contributed by atoms with Crippen molar-refractivity contribution in [1.82, 2.24) is 4.98 Å². The standard InChI is InChI=1S/C9H6F3NO2/c10-9(11,12)6-1-5-3-15-4-7(14)8(5)13-2-6/h1-2H,3-4H2. The van der Waals surface area contributed by atoms with Crippen molar-refractivity contribution in [2.75, 3.05) is 6.61 Å². The minimum absolute atomic E-state index is 0.00199. The number of hydrogen-bond donors (Lipinski definition) is 0. The minimum atomic E-state index is -4.44. The Morgan fingerprint density at radius 3 is 2.73 bits per heavy atom. The van der Waals surface area contributed by atoms with Gasteiger partial charge in [-0.1, -0.05) is 0 Å². The maximum atomic E-state index is 12.3. The maximum Gasteiger partial charge on any atom is 0.417 e. The monoisotopic (exact) mass is 217 g/mol. The Morgan fingerprint density at radius 2 is 2.07 bits per heavy atom. The van der Waals surface area contributed by atoms with E-state index in [1.54, 1.807) is 0 Å². The lowest BCUT2D eigenvalue weighted by atomic mass is 10.1. The second-order valence-corrected chi connectivity index (χ2v) is 3.15. The number of rotatable bonds is 0. The molecule has 1 aliphatic rings. The third-order valence-electron chi connectivity index (χ3n) is 2.05. The number of alkyl halides is 3. The lowest BCUT2D eigenvalue weighted by molar-refractivity contribution is -0.138. The topological polar surface area (TPSA) is 39.2 Å². The van der Waals surface area contributed by atoms with Crippen LogP contribution in [0.5, 0.6) is 0 Å². The van der Waals surface area contributed by atoms with Gasteiger partial charge in [0.2, 0.25) is 5.78 Å². The van der Waals surface area contributed by atoms with E-state index in [2.05, 4.69) is 4.98 Å². The molecule has 1 aromatic rings. The van der Waals surface area contributed by atoms with E-state index < -0.39 is 11.7 Å². The van der Waals surface area contributed by atoms with E-state index in [-0.39, 0.29) is 30.3 Å². The number of Topliss-reactive ketones (excluding diaryl/α,β-unsaturated/α-hetero) is 1. The predicted octanol–water partition coefficient (Wildman–Crippen LogP) is 1.81. The van der Waals surface area contributed by atoms with Gasteiger partial charge in [-0.2, -0.15) is 13.2 Å². The molecule has 0 bridgehead atoms. The summed E-state index contributed by atoms with van der Waals surface area (Å²) in [5.74, 6) is -0.384. The Balaban J connectivity index is 2.46. The molecule has 0 saturated heterocycles. The molecule has 0 N–H and O–H groups in total. The molecule has 0 spiro atoms. The van der Waals surface area contributed by atoms with Crippen LogP contribution in [0.2, 0.25) is 0 Å². The summed E-state index contributed by atoms with van der Waals surface area (Å²) >= 11 is 0. The number of nitrogens with zero attached hydrogens (tertiary/aromatic N) is 1. The van der Waals surface area contributed by atoms with Crippen molar-refractivity contribution in [1.29, 1.82) is 0 Å². The lowest BCUT2D eigenvalue weighted by Crippen LogP contribution is -2.21. The number of carbonyl (C=O) groups excluding carboxylic acids is 1. The highest BCUT2D eigenvalue weighted by atomic mass is 19.4. The fourth-order valence-corrected chi connectivity index (χ4v) is 1.35. The Bertz CT molecular complexity index is 414. The highest BCUT2D eigenvalue weighted by molar-refractivity contribution is 5.97. The molecule has 0 amide bonds. The molecule has 0 saturated carbocycles. The van der Waals surface area contributed by atoms with Gasteiger partial charge >= 0.3 is 6.18 Å². The summed E-state index contributed by atoms with van der Waals surface area (Å²) in [7, 11) is 0. The summed E-state index contributed by atoms with van der Waals surface area (Å²) < 4.78 is 41.7. The van der Waals surface area contributed by atoms with E-state index in [1.165, 1.54) is 0 Å². The molecule has 0 unspecified atom stereocenters. The van der Waals surface area contributed by atoms with Crippen molar-refractivity contribution < 1.29 is 22.7 Å². The van der Waals surface area contributed by atoms with Crippen molar-refractivity contribution in [2.24, 2.45) is 0 Å². The number of aromatic nitrogens is 1. The summed E-state index contributed by atoms with van der Waals surface area (Å²) in [6, 6.07) is 0.902. The second-order valence-electron chi connectivity index (χ2n) is 3.15. The fourth-order valence-electron chi connectivity index (χ4n) is 1.35. The quantitative estimate of drug-likeness (QED) is 0.665. The van der Waals surface area contributed by atoms with Crippen molar-refractivity contribution in [2.45, 2.75) is 12.8 Å². The summed E-state index contributed by atoms with van der Waals surface area (Å²) in [5, 5.41) is 0. The molecule has 15 heavy (non-hydrogen) atoms. The van der Waals surface area contributed by atoms with Crippen LogP contribution in [0.3, 0.4) is 0 Å². The number of carbonyl (C=O) groups is 1. The highest BCUT2D eigenvalue weighted by Crippen LogP contribution is 2.30. The molecule has 0 fully saturated rings. The lowest BCUT2D eigenvalue weighted by Gasteiger charge is -2.15. The third kappa shape index (κ3) is 1.85. The van der Waals surface area contributed by atoms with Crippen LogP contribution >= 0.6 is 0 Å². The van der Waals surface area contributed by atoms with Crippen molar-refractivity contribution >= 4 is 5.78 Å². The average Bonchev–Trinajstić information content (AvgIpc) is 2.16. The fraction of sp³-hybridized carbons (Fsp3) is 0.333. The van der Waals surface area contributed by atoms with Crippen LogP contribution in [0.1, 0.15) is 21.6 Å². The summed E-state index contributed by atoms with van der Waals surface area (Å²) in [4.78, 5) is 14.7. The first-order valence-corrected chi connectivity index (χ1v) is 4.15. The van der Waals surface area contributed by atoms with E-state index in [9.17, 15) is 18.0 Å². The molecule has 6 heteroatoms. The molecule has 3 nitrogen and oxygen atoms in total. The zero-order valence-electron chi connectivity index (χ0n) is 7.47. The van der Waals surface area contributed by atoms with Crippen LogP contribution in [0.4, 0.5) is 13.2 Å². The zero-order chi connectivity index (χ0) is 11.1. The number of hydrogen-bond acceptors (Lipinski definition) is 3. The minimum Gasteiger partial charge on any atom is -0.368 e. The number of ketones is 1. The van der Waals surface area contributed by atoms with Gasteiger partial charge in [0.25, 0.3) is 0 Å². The number of ether oxygens (including phenoxy) is 1. The average molecular weight is 217 g/mol. The van der Waals surface area contributed by atoms with E-state index >= 15 is 0 Å². The van der Waals surface area contributed by atoms with Crippen molar-refractivity contribution in [3.63, 3.8) is 0 Å². The summed E-state index contributed by atoms with van der Waals surface area (Å²) in [6.45, 7) is -0.122. The maximum absolute atomic E-state index is 12.3. The number of halogens is 3. The molecule has 1 aliphatic heterocycles. The van der Waals surface area contributed by atoms with Gasteiger partial charge < -0.3 is 4.74 Å². The first-order valence-electron chi connectivity index (χ1n) is 4.15. The Morgan fingerprint density at radius 1 is 1.33 bits per heavy atom. The molecule has 0 atom stereocenters. The summed E-state index contributed by atoms with van der Waals surface area (Å²) in [6.07, 6.45) is -3.77. The molecule has 2 rings (SSSR count). The Labute approximate surface area is 82.9 Å². The van der Waals surface area contributed by atoms with Crippen LogP contribution in [-0.2, 0) is 17.5 Å². The Kier molecular flexibility index (Phi) is 2.22. The van der Waals surface area contributed by atoms with Gasteiger partial charge in [0, 0.05) is 11.8 Å². The smallest absolute Gasteiger partial charge is 0.368 e. The van der Waals surface area contributed by atoms with Crippen LogP contribution in [0.15, 0.2) is 12.3 Å². The molecular formula is C9H6F3NO2. The zero-order valence-corrected chi connectivity index (χ0v) is 7.47. The van der Waals surface area contributed by atoms with Gasteiger partial charge in [-0.25, -0.2) is 0 Å². The van der Waals surface area contributed by atoms with Gasteiger partial charge in [-0.3, -0.25) is 9.78 Å². The van der Waals surface area contributed by atoms with Crippen LogP contribution < -0.4 is 0 Å². The molecule has 0 aliphatic carbocycles. The molecule has 2 heterocycles. The molecule has 1 aromatic heterocycles. The van der Waals surface area contributed by atoms with Crippen LogP contribution in [0, 0.1) is 0 Å². The second kappa shape index (κ2) is 3.30. The van der Waals surface area contributed by atoms with E-state index in [0.717, 1.165) is 6.07 Å². The summed E-state index contributed by atoms with van der Waals surface area (Å²) in [5.41, 5.74) is -0.588. The van der Waals surface area contributed by atoms with Gasteiger partial charge in [-0.15, -0.1) is 0 Å². The molecule has 80 valence electrons. The van der Waals surface area contributed by atoms with E-state index in [4.69, 9.17) is 4.74 Å². The van der Waals surface area contributed by atoms with Gasteiger partial charge in [0.05, 0.1) is 12.2 Å². The Hall–Kier alpha value is -1.43. The molecule has 0 aromatic carbocycles. The van der Waals surface area contributed by atoms with E-state index in [1.807, 2.05) is 0 Å². The van der Waals surface area contributed by atoms with Gasteiger partial charge in [0.15, 0.2) is 0 Å². The van der Waals surface area contributed by atoms with Crippen LogP contribution in [0.25, 0.3) is 0 Å². The number of pyridine rings is 1. The molecule has 0 radical (unpaired) electrons. The van der Waals surface area contributed by atoms with Crippen LogP contribution in [-0.4, -0.2) is 17.4 Å². The SMILES string of the molecule is O=C1COCc2cc(C(F)(F)F)cnc21. The molecular weight excluding hydrogens is 211 g/mol. The normalized spacial score (nSPS) is 16.3. The third-order valence-corrected chi connectivity index (χ3v) is 2.05. The predicted molar refractivity (Wildman–Crippen MR) is 43.2 cm³/mol. The van der Waals surface area contributed by atoms with Crippen molar-refractivity contribution in [3.05, 3.63) is 29.1 Å². The first-order chi connectivity index (χ1) is 6.98. The largest absolute Gasteiger partial charge is 0.417 e. The van der Waals surface area contributed by atoms with E-state index in [0.29, 0.717) is 6.20 Å². The van der Waals surface area contributed by atoms with Crippen molar-refractivity contribution in [3.8, 4) is 0 Å². The first kappa shape index (κ1) is 10.1. The highest BCUT2D eigenvalue weighted by Gasteiger charge is 2.32. The number of fused-ring (bicyclic) bond motifs is 1. The van der Waals surface area contributed by atoms with Gasteiger partial charge in [-0.05, 0) is 6.07 Å². The van der Waals surface area contributed by atoms with Gasteiger partial charge in [0.1, 0.15) is 12.3 Å².